The molecule has 0 aliphatic rings. The predicted octanol–water partition coefficient (Wildman–Crippen LogP) is 4.38. The highest BCUT2D eigenvalue weighted by Crippen LogP contribution is 2.30. The van der Waals surface area contributed by atoms with Crippen molar-refractivity contribution in [2.24, 2.45) is 0 Å². The number of benzene rings is 3. The summed E-state index contributed by atoms with van der Waals surface area (Å²) in [7, 11) is 0. The van der Waals surface area contributed by atoms with E-state index in [4.69, 9.17) is 0 Å². The molecule has 0 heterocycles. The largest absolute Gasteiger partial charge is 0.192 e. The van der Waals surface area contributed by atoms with Gasteiger partial charge in [-0.15, -0.1) is 0 Å². The predicted molar refractivity (Wildman–Crippen MR) is 74.1 cm³/mol. The second kappa shape index (κ2) is 4.35. The van der Waals surface area contributed by atoms with Crippen LogP contribution in [0, 0.1) is 11.3 Å². The van der Waals surface area contributed by atoms with Crippen molar-refractivity contribution in [1.82, 2.24) is 0 Å². The van der Waals surface area contributed by atoms with Crippen molar-refractivity contribution in [1.29, 1.82) is 5.26 Å². The summed E-state index contributed by atoms with van der Waals surface area (Å²) < 4.78 is 0. The van der Waals surface area contributed by atoms with Crippen LogP contribution in [0.3, 0.4) is 0 Å². The third-order valence-electron chi connectivity index (χ3n) is 3.13. The first kappa shape index (κ1) is 10.6. The Kier molecular flexibility index (Phi) is 2.55. The lowest BCUT2D eigenvalue weighted by molar-refractivity contribution is 1.48. The van der Waals surface area contributed by atoms with Crippen molar-refractivity contribution >= 4 is 10.8 Å². The van der Waals surface area contributed by atoms with Crippen molar-refractivity contribution in [2.45, 2.75) is 0 Å². The molecule has 1 nitrogen and oxygen atoms in total. The minimum atomic E-state index is 0.717. The summed E-state index contributed by atoms with van der Waals surface area (Å²) in [5, 5.41) is 11.6. The fourth-order valence-corrected chi connectivity index (χ4v) is 2.28. The third kappa shape index (κ3) is 1.65. The van der Waals surface area contributed by atoms with Crippen molar-refractivity contribution in [3.63, 3.8) is 0 Å². The van der Waals surface area contributed by atoms with E-state index in [0.29, 0.717) is 5.56 Å². The molecule has 0 aliphatic carbocycles. The molecule has 0 fully saturated rings. The maximum atomic E-state index is 9.20. The zero-order valence-electron chi connectivity index (χ0n) is 9.80. The lowest BCUT2D eigenvalue weighted by atomic mass is 9.95. The Bertz CT molecular complexity index is 745. The van der Waals surface area contributed by atoms with Gasteiger partial charge in [0.05, 0.1) is 11.6 Å². The van der Waals surface area contributed by atoms with Gasteiger partial charge in [-0.3, -0.25) is 0 Å². The standard InChI is InChI=1S/C17H11N/c18-12-14-7-2-4-10-16(14)17-11-5-8-13-6-1-3-9-15(13)17/h1-11H. The molecule has 0 atom stereocenters. The monoisotopic (exact) mass is 229 g/mol. The molecular weight excluding hydrogens is 218 g/mol. The molecule has 0 bridgehead atoms. The van der Waals surface area contributed by atoms with Gasteiger partial charge in [-0.2, -0.15) is 5.26 Å². The Morgan fingerprint density at radius 3 is 2.22 bits per heavy atom. The second-order valence-corrected chi connectivity index (χ2v) is 4.18. The highest BCUT2D eigenvalue weighted by Gasteiger charge is 2.06. The minimum Gasteiger partial charge on any atom is -0.192 e. The molecule has 0 aliphatic heterocycles. The molecule has 0 saturated heterocycles. The van der Waals surface area contributed by atoms with Gasteiger partial charge in [0.25, 0.3) is 0 Å². The van der Waals surface area contributed by atoms with Crippen LogP contribution in [0.25, 0.3) is 21.9 Å². The zero-order valence-corrected chi connectivity index (χ0v) is 9.80. The Morgan fingerprint density at radius 2 is 1.33 bits per heavy atom. The van der Waals surface area contributed by atoms with Gasteiger partial charge in [-0.1, -0.05) is 60.7 Å². The molecule has 3 aromatic carbocycles. The Hall–Kier alpha value is -2.59. The van der Waals surface area contributed by atoms with E-state index in [1.54, 1.807) is 0 Å². The van der Waals surface area contributed by atoms with Crippen molar-refractivity contribution in [3.8, 4) is 17.2 Å². The van der Waals surface area contributed by atoms with Crippen LogP contribution in [0.1, 0.15) is 5.56 Å². The maximum absolute atomic E-state index is 9.20. The number of rotatable bonds is 1. The van der Waals surface area contributed by atoms with E-state index in [0.717, 1.165) is 11.1 Å². The van der Waals surface area contributed by atoms with Crippen molar-refractivity contribution < 1.29 is 0 Å². The number of nitriles is 1. The van der Waals surface area contributed by atoms with Gasteiger partial charge in [0.2, 0.25) is 0 Å². The molecule has 0 N–H and O–H groups in total. The molecule has 1 heteroatoms. The van der Waals surface area contributed by atoms with Gasteiger partial charge in [0.15, 0.2) is 0 Å². The second-order valence-electron chi connectivity index (χ2n) is 4.18. The van der Waals surface area contributed by atoms with Crippen LogP contribution >= 0.6 is 0 Å². The van der Waals surface area contributed by atoms with Crippen LogP contribution in [0.15, 0.2) is 66.7 Å². The molecule has 0 radical (unpaired) electrons. The highest BCUT2D eigenvalue weighted by atomic mass is 14.2. The normalized spacial score (nSPS) is 10.2. The summed E-state index contributed by atoms with van der Waals surface area (Å²) in [5.41, 5.74) is 2.83. The van der Waals surface area contributed by atoms with E-state index in [-0.39, 0.29) is 0 Å². The summed E-state index contributed by atoms with van der Waals surface area (Å²) in [6.45, 7) is 0. The number of hydrogen-bond donors (Lipinski definition) is 0. The molecule has 0 spiro atoms. The fourth-order valence-electron chi connectivity index (χ4n) is 2.28. The van der Waals surface area contributed by atoms with Gasteiger partial charge >= 0.3 is 0 Å². The number of fused-ring (bicyclic) bond motifs is 1. The first-order chi connectivity index (χ1) is 8.90. The van der Waals surface area contributed by atoms with Gasteiger partial charge in [0, 0.05) is 5.56 Å². The van der Waals surface area contributed by atoms with Crippen molar-refractivity contribution in [3.05, 3.63) is 72.3 Å². The van der Waals surface area contributed by atoms with Crippen LogP contribution in [-0.2, 0) is 0 Å². The molecule has 0 amide bonds. The molecule has 18 heavy (non-hydrogen) atoms. The van der Waals surface area contributed by atoms with Crippen LogP contribution in [-0.4, -0.2) is 0 Å². The van der Waals surface area contributed by atoms with E-state index >= 15 is 0 Å². The average Bonchev–Trinajstić information content (AvgIpc) is 2.46. The topological polar surface area (TPSA) is 23.8 Å². The molecule has 3 rings (SSSR count). The van der Waals surface area contributed by atoms with Gasteiger partial charge < -0.3 is 0 Å². The summed E-state index contributed by atoms with van der Waals surface area (Å²) >= 11 is 0. The summed E-state index contributed by atoms with van der Waals surface area (Å²) in [6, 6.07) is 24.4. The first-order valence-electron chi connectivity index (χ1n) is 5.87. The smallest absolute Gasteiger partial charge is 0.0998 e. The van der Waals surface area contributed by atoms with E-state index in [2.05, 4.69) is 30.3 Å². The van der Waals surface area contributed by atoms with Crippen molar-refractivity contribution in [2.75, 3.05) is 0 Å². The SMILES string of the molecule is N#Cc1ccccc1-c1cccc2ccccc12. The van der Waals surface area contributed by atoms with Crippen LogP contribution in [0.5, 0.6) is 0 Å². The summed E-state index contributed by atoms with van der Waals surface area (Å²) in [4.78, 5) is 0. The zero-order chi connectivity index (χ0) is 12.4. The molecule has 84 valence electrons. The minimum absolute atomic E-state index is 0.717. The molecular formula is C17H11N. The first-order valence-corrected chi connectivity index (χ1v) is 5.87. The van der Waals surface area contributed by atoms with E-state index < -0.39 is 0 Å². The summed E-state index contributed by atoms with van der Waals surface area (Å²) in [6.07, 6.45) is 0. The quantitative estimate of drug-likeness (QED) is 0.607. The van der Waals surface area contributed by atoms with Crippen LogP contribution < -0.4 is 0 Å². The fraction of sp³-hybridized carbons (Fsp3) is 0. The number of hydrogen-bond acceptors (Lipinski definition) is 1. The lowest BCUT2D eigenvalue weighted by Crippen LogP contribution is -1.85. The highest BCUT2D eigenvalue weighted by molar-refractivity contribution is 5.97. The van der Waals surface area contributed by atoms with Gasteiger partial charge in [-0.05, 0) is 22.4 Å². The number of nitrogens with zero attached hydrogens (tertiary/aromatic N) is 1. The molecule has 0 saturated carbocycles. The molecule has 3 aromatic rings. The molecule has 0 unspecified atom stereocenters. The third-order valence-corrected chi connectivity index (χ3v) is 3.13. The van der Waals surface area contributed by atoms with E-state index in [1.807, 2.05) is 42.5 Å². The Labute approximate surface area is 106 Å². The lowest BCUT2D eigenvalue weighted by Gasteiger charge is -2.08. The van der Waals surface area contributed by atoms with E-state index in [9.17, 15) is 5.26 Å². The van der Waals surface area contributed by atoms with Crippen LogP contribution in [0.2, 0.25) is 0 Å². The Balaban J connectivity index is 2.36. The van der Waals surface area contributed by atoms with E-state index in [1.165, 1.54) is 10.8 Å². The summed E-state index contributed by atoms with van der Waals surface area (Å²) in [5.74, 6) is 0. The average molecular weight is 229 g/mol. The van der Waals surface area contributed by atoms with Gasteiger partial charge in [-0.25, -0.2) is 0 Å². The Morgan fingerprint density at radius 1 is 0.667 bits per heavy atom. The van der Waals surface area contributed by atoms with Gasteiger partial charge in [0.1, 0.15) is 0 Å². The molecule has 0 aromatic heterocycles. The maximum Gasteiger partial charge on any atom is 0.0998 e. The van der Waals surface area contributed by atoms with Crippen LogP contribution in [0.4, 0.5) is 0 Å².